The van der Waals surface area contributed by atoms with Crippen LogP contribution in [0.4, 0.5) is 0 Å². The van der Waals surface area contributed by atoms with E-state index in [1.54, 1.807) is 44.3 Å². The zero-order chi connectivity index (χ0) is 58.5. The van der Waals surface area contributed by atoms with Gasteiger partial charge < -0.3 is 23.8 Å². The molecule has 0 radical (unpaired) electrons. The molecule has 0 saturated heterocycles. The fraction of sp³-hybridized carbons (Fsp3) is 0.774. The molecule has 438 valence electrons. The van der Waals surface area contributed by atoms with E-state index in [2.05, 4.69) is 145 Å². The van der Waals surface area contributed by atoms with Gasteiger partial charge in [-0.2, -0.15) is 47.0 Å². The van der Waals surface area contributed by atoms with Gasteiger partial charge in [-0.15, -0.1) is 23.7 Å². The normalized spacial score (nSPS) is 10.3. The van der Waals surface area contributed by atoms with Gasteiger partial charge in [0, 0.05) is 51.4 Å². The van der Waals surface area contributed by atoms with Gasteiger partial charge in [0.05, 0.1) is 32.8 Å². The number of ketones is 3. The van der Waals surface area contributed by atoms with Gasteiger partial charge in [-0.25, -0.2) is 0 Å². The first-order valence-corrected chi connectivity index (χ1v) is 32.1. The van der Waals surface area contributed by atoms with Crippen LogP contribution in [0.5, 0.6) is 0 Å². The maximum Gasteiger partial charge on any atom is 0.315 e. The van der Waals surface area contributed by atoms with Crippen molar-refractivity contribution in [3.8, 4) is 23.7 Å². The summed E-state index contributed by atoms with van der Waals surface area (Å²) in [6, 6.07) is 0. The van der Waals surface area contributed by atoms with E-state index in [-0.39, 0.29) is 29.5 Å². The van der Waals surface area contributed by atoms with Crippen LogP contribution in [0.25, 0.3) is 0 Å². The molecule has 0 aromatic heterocycles. The molecule has 0 bridgehead atoms. The molecule has 0 aliphatic rings. The summed E-state index contributed by atoms with van der Waals surface area (Å²) in [5.41, 5.74) is 0. The molecule has 0 amide bonds. The molecule has 0 spiro atoms. The minimum absolute atomic E-state index is 0.114. The molecule has 75 heavy (non-hydrogen) atoms. The number of unbranched alkanes of at least 4 members (excludes halogenated alkanes) is 4. The van der Waals surface area contributed by atoms with E-state index in [9.17, 15) is 28.8 Å². The van der Waals surface area contributed by atoms with Gasteiger partial charge in [-0.1, -0.05) is 107 Å². The van der Waals surface area contributed by atoms with Crippen molar-refractivity contribution in [1.29, 1.82) is 0 Å². The number of ether oxygens (including phenoxy) is 3. The largest absolute Gasteiger partial charge is 0.469 e. The van der Waals surface area contributed by atoms with Gasteiger partial charge in [0.1, 0.15) is 17.3 Å². The number of allylic oxidation sites excluding steroid dienone is 4. The molecule has 0 saturated carbocycles. The third-order valence-electron chi connectivity index (χ3n) is 8.96. The van der Waals surface area contributed by atoms with E-state index in [0.29, 0.717) is 53.6 Å². The zero-order valence-corrected chi connectivity index (χ0v) is 54.3. The lowest BCUT2D eigenvalue weighted by Gasteiger charge is -2.03. The van der Waals surface area contributed by atoms with Crippen LogP contribution in [-0.2, 0) is 43.0 Å². The molecule has 0 aliphatic heterocycles. The Bertz CT molecular complexity index is 1530. The molecule has 0 rings (SSSR count). The summed E-state index contributed by atoms with van der Waals surface area (Å²) in [4.78, 5) is 63.7. The predicted molar refractivity (Wildman–Crippen MR) is 334 cm³/mol. The summed E-state index contributed by atoms with van der Waals surface area (Å²) in [7, 11) is 4.27. The molecule has 0 heterocycles. The van der Waals surface area contributed by atoms with Gasteiger partial charge in [-0.3, -0.25) is 19.2 Å². The van der Waals surface area contributed by atoms with Gasteiger partial charge in [0.25, 0.3) is 0 Å². The third kappa shape index (κ3) is 104. The molecule has 0 aromatic rings. The van der Waals surface area contributed by atoms with E-state index >= 15 is 0 Å². The lowest BCUT2D eigenvalue weighted by molar-refractivity contribution is -0.141. The topological polar surface area (TPSA) is 130 Å². The quantitative estimate of drug-likeness (QED) is 0.0199. The average Bonchev–Trinajstić information content (AvgIpc) is 3.33. The van der Waals surface area contributed by atoms with Gasteiger partial charge >= 0.3 is 17.9 Å². The summed E-state index contributed by atoms with van der Waals surface area (Å²) in [5.74, 6) is 21.3. The van der Waals surface area contributed by atoms with Crippen molar-refractivity contribution in [3.05, 3.63) is 24.3 Å². The number of carbonyl (C=O) groups is 6. The minimum atomic E-state index is -0.148. The van der Waals surface area contributed by atoms with Crippen molar-refractivity contribution in [2.24, 2.45) is 23.7 Å². The fourth-order valence-corrected chi connectivity index (χ4v) is 8.36. The number of hydrogen-bond donors (Lipinski definition) is 0. The highest BCUT2D eigenvalue weighted by atomic mass is 32.2. The standard InChI is InChI=1S/C11H20O2.C11H18O2.C11H20O.C11H18O.C9H18O2S2.C9H18OS2/c2*1-10(2)8-6-4-5-7-9-11(12)13-3;2*1-10(2)8-6-4-5-7-9-11(3)12;1-8(2)13-6-4-5-12-7-9(10)11-3;1-8(2)12-6-4-5-11-7-9(3)10/h4,6,10H,5,7-9H2,1-3H3;10H,5,7-9H2,1-3H3;4,6,10H,5,7-9H2,1-3H3;10H,5,7-9H2,1-3H3;8H,4-7H2,1-3H3;8H,4-7H2,1-3H3/b6-4-;;6-4-;;;. The Morgan fingerprint density at radius 1 is 0.400 bits per heavy atom. The van der Waals surface area contributed by atoms with Crippen molar-refractivity contribution in [3.63, 3.8) is 0 Å². The Morgan fingerprint density at radius 2 is 0.760 bits per heavy atom. The summed E-state index contributed by atoms with van der Waals surface area (Å²) in [6.45, 7) is 31.2. The van der Waals surface area contributed by atoms with E-state index in [0.717, 1.165) is 112 Å². The smallest absolute Gasteiger partial charge is 0.315 e. The molecule has 0 unspecified atom stereocenters. The van der Waals surface area contributed by atoms with Crippen molar-refractivity contribution >= 4 is 82.3 Å². The van der Waals surface area contributed by atoms with Crippen LogP contribution >= 0.6 is 47.0 Å². The Balaban J connectivity index is -0.000000191. The van der Waals surface area contributed by atoms with E-state index in [4.69, 9.17) is 0 Å². The van der Waals surface area contributed by atoms with Gasteiger partial charge in [-0.05, 0) is 142 Å². The maximum absolute atomic E-state index is 10.7. The Kier molecular flexibility index (Phi) is 75.4. The van der Waals surface area contributed by atoms with Crippen LogP contribution < -0.4 is 0 Å². The maximum atomic E-state index is 10.7. The molecule has 0 atom stereocenters. The monoisotopic (exact) mass is 1130 g/mol. The molecule has 9 nitrogen and oxygen atoms in total. The molecule has 0 aromatic carbocycles. The lowest BCUT2D eigenvalue weighted by atomic mass is 10.1. The number of hydrogen-bond acceptors (Lipinski definition) is 13. The molecule has 0 aliphatic carbocycles. The van der Waals surface area contributed by atoms with Gasteiger partial charge in [0.2, 0.25) is 0 Å². The number of methoxy groups -OCH3 is 3. The second-order valence-corrected chi connectivity index (χ2v) is 25.7. The predicted octanol–water partition coefficient (Wildman–Crippen LogP) is 16.7. The second kappa shape index (κ2) is 67.5. The molecular weight excluding hydrogens is 1020 g/mol. The molecular formula is C62H112O9S4. The molecule has 0 fully saturated rings. The SMILES string of the molecule is CC(=O)CCC/C=C\CC(C)C.CC(=O)CCCC#CCC(C)C.CC(=O)CSCCCSC(C)C.COC(=O)CCC/C=C\CC(C)C.COC(=O)CCCC#CCC(C)C.COC(=O)CSCCCSC(C)C. The van der Waals surface area contributed by atoms with Crippen molar-refractivity contribution < 1.29 is 43.0 Å². The summed E-state index contributed by atoms with van der Waals surface area (Å²) in [6.07, 6.45) is 25.0. The number of thioether (sulfide) groups is 4. The molecule has 13 heteroatoms. The van der Waals surface area contributed by atoms with Crippen LogP contribution in [-0.4, -0.2) is 102 Å². The Hall–Kier alpha value is -2.58. The van der Waals surface area contributed by atoms with Crippen LogP contribution in [0.2, 0.25) is 0 Å². The van der Waals surface area contributed by atoms with Gasteiger partial charge in [0.15, 0.2) is 0 Å². The first kappa shape index (κ1) is 83.7. The first-order chi connectivity index (χ1) is 35.4. The van der Waals surface area contributed by atoms with Crippen LogP contribution in [0.15, 0.2) is 24.3 Å². The van der Waals surface area contributed by atoms with Crippen LogP contribution in [0, 0.1) is 47.4 Å². The number of carbonyl (C=O) groups excluding carboxylic acids is 6. The van der Waals surface area contributed by atoms with Crippen molar-refractivity contribution in [2.75, 3.05) is 55.8 Å². The van der Waals surface area contributed by atoms with Crippen LogP contribution in [0.1, 0.15) is 219 Å². The third-order valence-corrected chi connectivity index (χ3v) is 13.5. The van der Waals surface area contributed by atoms with E-state index in [1.165, 1.54) is 45.7 Å². The van der Waals surface area contributed by atoms with E-state index < -0.39 is 0 Å². The fourth-order valence-electron chi connectivity index (χ4n) is 4.88. The lowest BCUT2D eigenvalue weighted by Crippen LogP contribution is -2.04. The highest BCUT2D eigenvalue weighted by Crippen LogP contribution is 2.14. The number of Topliss-reactive ketones (excluding diaryl/α,β-unsaturated/α-hetero) is 3. The first-order valence-electron chi connectivity index (χ1n) is 27.7. The van der Waals surface area contributed by atoms with Crippen molar-refractivity contribution in [2.45, 2.75) is 230 Å². The van der Waals surface area contributed by atoms with E-state index in [1.807, 2.05) is 23.5 Å². The summed E-state index contributed by atoms with van der Waals surface area (Å²) in [5, 5.41) is 1.45. The number of rotatable bonds is 34. The zero-order valence-electron chi connectivity index (χ0n) is 51.1. The Labute approximate surface area is 479 Å². The summed E-state index contributed by atoms with van der Waals surface area (Å²) < 4.78 is 13.6. The Morgan fingerprint density at radius 3 is 1.11 bits per heavy atom. The second-order valence-electron chi connectivity index (χ2n) is 20.1. The van der Waals surface area contributed by atoms with Crippen LogP contribution in [0.3, 0.4) is 0 Å². The summed E-state index contributed by atoms with van der Waals surface area (Å²) >= 11 is 7.36. The van der Waals surface area contributed by atoms with Crippen molar-refractivity contribution in [1.82, 2.24) is 0 Å². The molecule has 0 N–H and O–H groups in total. The average molecular weight is 1130 g/mol. The number of esters is 3. The highest BCUT2D eigenvalue weighted by Gasteiger charge is 2.01. The highest BCUT2D eigenvalue weighted by molar-refractivity contribution is 8.01. The minimum Gasteiger partial charge on any atom is -0.469 e.